The molecule has 6 heteroatoms. The maximum Gasteiger partial charge on any atom is 0.131 e. The van der Waals surface area contributed by atoms with Gasteiger partial charge in [0, 0.05) is 0 Å². The molecule has 76 valence electrons. The second kappa shape index (κ2) is 9.01. The van der Waals surface area contributed by atoms with Gasteiger partial charge < -0.3 is 25.2 Å². The fraction of sp³-hybridized carbons (Fsp3) is 0.833. The minimum absolute atomic E-state index is 0. The topological polar surface area (TPSA) is 86.4 Å². The highest BCUT2D eigenvalue weighted by Gasteiger charge is 2.02. The van der Waals surface area contributed by atoms with Crippen LogP contribution in [0.4, 0.5) is 4.79 Å². The second-order valence-corrected chi connectivity index (χ2v) is 3.06. The number of hydrogen-bond acceptors (Lipinski definition) is 3. The largest absolute Gasteiger partial charge is 0.530 e. The van der Waals surface area contributed by atoms with Gasteiger partial charge in [-0.2, -0.15) is 0 Å². The number of carbonyl (C=O) groups excluding carboxylic acids is 1. The summed E-state index contributed by atoms with van der Waals surface area (Å²) in [6.07, 6.45) is -1.58. The van der Waals surface area contributed by atoms with Crippen LogP contribution in [0.5, 0.6) is 0 Å². The summed E-state index contributed by atoms with van der Waals surface area (Å²) in [7, 11) is 6.16. The lowest BCUT2D eigenvalue weighted by Crippen LogP contribution is -2.36. The molecular weight excluding hydrogens is 275 g/mol. The molecule has 0 aliphatic rings. The van der Waals surface area contributed by atoms with Crippen molar-refractivity contribution in [2.75, 3.05) is 34.3 Å². The van der Waals surface area contributed by atoms with Gasteiger partial charge in [-0.15, -0.1) is 24.0 Å². The van der Waals surface area contributed by atoms with Gasteiger partial charge in [-0.3, -0.25) is 0 Å². The number of aliphatic hydroxyl groups excluding tert-OH is 1. The molecular formula is C6H17IN2O3. The molecule has 0 aromatic rings. The minimum Gasteiger partial charge on any atom is -0.530 e. The highest BCUT2D eigenvalue weighted by Crippen LogP contribution is 1.84. The molecule has 0 fully saturated rings. The number of carboxylic acid groups (broad SMARTS) is 1. The summed E-state index contributed by atoms with van der Waals surface area (Å²) in [5, 5.41) is 17.1. The van der Waals surface area contributed by atoms with Gasteiger partial charge in [-0.1, -0.05) is 0 Å². The van der Waals surface area contributed by atoms with Gasteiger partial charge in [0.1, 0.15) is 12.6 Å². The zero-order chi connectivity index (χ0) is 9.49. The van der Waals surface area contributed by atoms with Crippen LogP contribution in [-0.4, -0.2) is 50.0 Å². The molecule has 0 radical (unpaired) electrons. The molecule has 0 unspecified atom stereocenters. The standard InChI is InChI=1S/C5H14NO.CH3NO2.HI/c1-6(2,3)4-5-7;2-1(3)4;/h7H,4-5H2,1-3H3;2H2,(H,3,4);1H/q+1;;/p-1. The van der Waals surface area contributed by atoms with Crippen molar-refractivity contribution in [1.82, 2.24) is 0 Å². The number of nitrogens with zero attached hydrogens (tertiary/aromatic N) is 1. The van der Waals surface area contributed by atoms with Crippen LogP contribution in [0.2, 0.25) is 0 Å². The summed E-state index contributed by atoms with van der Waals surface area (Å²) in [6, 6.07) is 0. The lowest BCUT2D eigenvalue weighted by atomic mass is 10.5. The first-order valence-electron chi connectivity index (χ1n) is 3.17. The summed E-state index contributed by atoms with van der Waals surface area (Å²) in [5.41, 5.74) is 3.92. The third-order valence-corrected chi connectivity index (χ3v) is 0.771. The Balaban J connectivity index is -0.000000142. The van der Waals surface area contributed by atoms with E-state index in [1.807, 2.05) is 0 Å². The Morgan fingerprint density at radius 2 is 1.75 bits per heavy atom. The van der Waals surface area contributed by atoms with Crippen LogP contribution in [-0.2, 0) is 0 Å². The lowest BCUT2D eigenvalue weighted by molar-refractivity contribution is -0.870. The number of carbonyl (C=O) groups is 1. The van der Waals surface area contributed by atoms with Crippen molar-refractivity contribution in [2.24, 2.45) is 5.73 Å². The van der Waals surface area contributed by atoms with Crippen molar-refractivity contribution < 1.29 is 19.5 Å². The maximum absolute atomic E-state index is 8.67. The number of nitrogens with two attached hydrogens (primary N) is 1. The van der Waals surface area contributed by atoms with Gasteiger partial charge in [-0.25, -0.2) is 0 Å². The zero-order valence-electron chi connectivity index (χ0n) is 7.61. The molecule has 0 aliphatic heterocycles. The number of aliphatic hydroxyl groups is 1. The van der Waals surface area contributed by atoms with Crippen LogP contribution in [0.3, 0.4) is 0 Å². The minimum atomic E-state index is -1.58. The molecule has 0 rings (SSSR count). The molecule has 0 aliphatic carbocycles. The molecule has 5 nitrogen and oxygen atoms in total. The van der Waals surface area contributed by atoms with Crippen LogP contribution < -0.4 is 10.8 Å². The van der Waals surface area contributed by atoms with E-state index in [0.717, 1.165) is 11.0 Å². The number of quaternary nitrogens is 1. The van der Waals surface area contributed by atoms with E-state index >= 15 is 0 Å². The highest BCUT2D eigenvalue weighted by molar-refractivity contribution is 14.0. The molecule has 0 atom stereocenters. The summed E-state index contributed by atoms with van der Waals surface area (Å²) < 4.78 is 0.844. The van der Waals surface area contributed by atoms with Gasteiger partial charge in [0.25, 0.3) is 0 Å². The summed E-state index contributed by atoms with van der Waals surface area (Å²) in [6.45, 7) is 1.11. The van der Waals surface area contributed by atoms with Crippen molar-refractivity contribution in [3.05, 3.63) is 0 Å². The fourth-order valence-corrected chi connectivity index (χ4v) is 0.300. The van der Waals surface area contributed by atoms with Gasteiger partial charge in [0.05, 0.1) is 27.7 Å². The summed E-state index contributed by atoms with van der Waals surface area (Å²) in [5.74, 6) is 0. The third-order valence-electron chi connectivity index (χ3n) is 0.771. The summed E-state index contributed by atoms with van der Waals surface area (Å²) >= 11 is 0. The van der Waals surface area contributed by atoms with Crippen LogP contribution in [0.1, 0.15) is 0 Å². The van der Waals surface area contributed by atoms with E-state index in [0.29, 0.717) is 0 Å². The highest BCUT2D eigenvalue weighted by atomic mass is 127. The molecule has 0 saturated heterocycles. The molecule has 0 bridgehead atoms. The Kier molecular flexibility index (Phi) is 13.4. The van der Waals surface area contributed by atoms with Crippen molar-refractivity contribution in [1.29, 1.82) is 0 Å². The van der Waals surface area contributed by atoms with E-state index in [4.69, 9.17) is 15.0 Å². The average Bonchev–Trinajstić information content (AvgIpc) is 1.58. The molecule has 1 amide bonds. The SMILES string of the molecule is C[N+](C)(C)CCO.I.NC(=O)[O-]. The number of hydrogen-bond donors (Lipinski definition) is 2. The predicted molar refractivity (Wildman–Crippen MR) is 55.0 cm³/mol. The third kappa shape index (κ3) is 51.4. The van der Waals surface area contributed by atoms with Crippen molar-refractivity contribution in [2.45, 2.75) is 0 Å². The van der Waals surface area contributed by atoms with Crippen LogP contribution in [0.25, 0.3) is 0 Å². The first-order chi connectivity index (χ1) is 4.79. The van der Waals surface area contributed by atoms with Crippen molar-refractivity contribution in [3.63, 3.8) is 0 Å². The van der Waals surface area contributed by atoms with Crippen molar-refractivity contribution in [3.8, 4) is 0 Å². The van der Waals surface area contributed by atoms with E-state index in [1.165, 1.54) is 0 Å². The second-order valence-electron chi connectivity index (χ2n) is 3.06. The van der Waals surface area contributed by atoms with Gasteiger partial charge in [0.2, 0.25) is 0 Å². The van der Waals surface area contributed by atoms with Gasteiger partial charge in [0.15, 0.2) is 0 Å². The number of amides is 1. The zero-order valence-corrected chi connectivity index (χ0v) is 9.94. The smallest absolute Gasteiger partial charge is 0.131 e. The first kappa shape index (κ1) is 17.9. The molecule has 0 spiro atoms. The van der Waals surface area contributed by atoms with E-state index in [1.54, 1.807) is 0 Å². The van der Waals surface area contributed by atoms with Gasteiger partial charge >= 0.3 is 0 Å². The molecule has 0 aromatic heterocycles. The number of likely N-dealkylation sites (N-methyl/N-ethyl adjacent to an activating group) is 1. The molecule has 0 saturated carbocycles. The Morgan fingerprint density at radius 1 is 1.50 bits per heavy atom. The molecule has 12 heavy (non-hydrogen) atoms. The molecule has 0 heterocycles. The maximum atomic E-state index is 8.67. The first-order valence-corrected chi connectivity index (χ1v) is 3.17. The Labute approximate surface area is 89.8 Å². The van der Waals surface area contributed by atoms with E-state index in [-0.39, 0.29) is 30.6 Å². The normalized spacial score (nSPS) is 9.00. The summed E-state index contributed by atoms with van der Waals surface area (Å²) in [4.78, 5) is 8.67. The van der Waals surface area contributed by atoms with E-state index in [2.05, 4.69) is 26.9 Å². The fourth-order valence-electron chi connectivity index (χ4n) is 0.300. The monoisotopic (exact) mass is 292 g/mol. The Hall–Kier alpha value is -0.0800. The lowest BCUT2D eigenvalue weighted by Gasteiger charge is -2.21. The molecule has 3 N–H and O–H groups in total. The number of rotatable bonds is 2. The van der Waals surface area contributed by atoms with E-state index in [9.17, 15) is 0 Å². The average molecular weight is 292 g/mol. The van der Waals surface area contributed by atoms with Crippen molar-refractivity contribution >= 4 is 30.1 Å². The predicted octanol–water partition coefficient (Wildman–Crippen LogP) is -1.41. The Morgan fingerprint density at radius 3 is 1.75 bits per heavy atom. The number of halogens is 1. The number of primary amides is 1. The molecule has 0 aromatic carbocycles. The quantitative estimate of drug-likeness (QED) is 0.484. The van der Waals surface area contributed by atoms with Gasteiger partial charge in [-0.05, 0) is 0 Å². The van der Waals surface area contributed by atoms with Crippen LogP contribution >= 0.6 is 24.0 Å². The Bertz CT molecular complexity index is 110. The van der Waals surface area contributed by atoms with E-state index < -0.39 is 6.09 Å². The van der Waals surface area contributed by atoms with Crippen LogP contribution in [0.15, 0.2) is 0 Å². The van der Waals surface area contributed by atoms with Crippen LogP contribution in [0, 0.1) is 0 Å².